The zero-order valence-corrected chi connectivity index (χ0v) is 12.9. The molecule has 1 amide bonds. The number of piperazine rings is 1. The summed E-state index contributed by atoms with van der Waals surface area (Å²) in [5, 5.41) is 6.10. The van der Waals surface area contributed by atoms with E-state index in [1.807, 2.05) is 20.9 Å². The molecule has 114 valence electrons. The minimum Gasteiger partial charge on any atom is -0.373 e. The molecule has 2 fully saturated rings. The van der Waals surface area contributed by atoms with E-state index in [9.17, 15) is 4.79 Å². The van der Waals surface area contributed by atoms with Crippen molar-refractivity contribution in [3.05, 3.63) is 11.4 Å². The Hall–Kier alpha value is -1.85. The highest BCUT2D eigenvalue weighted by molar-refractivity contribution is 5.86. The number of nitrogens with zero attached hydrogens (tertiary/aromatic N) is 3. The van der Waals surface area contributed by atoms with E-state index < -0.39 is 0 Å². The van der Waals surface area contributed by atoms with E-state index in [4.69, 9.17) is 4.98 Å². The number of anilines is 2. The Morgan fingerprint density at radius 1 is 1.38 bits per heavy atom. The summed E-state index contributed by atoms with van der Waals surface area (Å²) in [5.41, 5.74) is 1.02. The summed E-state index contributed by atoms with van der Waals surface area (Å²) >= 11 is 0. The first-order chi connectivity index (χ1) is 10.2. The minimum atomic E-state index is -0.135. The highest BCUT2D eigenvalue weighted by Gasteiger charge is 2.33. The smallest absolute Gasteiger partial charge is 0.242 e. The van der Waals surface area contributed by atoms with Gasteiger partial charge in [0.25, 0.3) is 0 Å². The molecular formula is C15H23N5O. The summed E-state index contributed by atoms with van der Waals surface area (Å²) in [6.07, 6.45) is 3.12. The number of aromatic nitrogens is 2. The van der Waals surface area contributed by atoms with Gasteiger partial charge in [0.05, 0.1) is 0 Å². The van der Waals surface area contributed by atoms with E-state index in [0.717, 1.165) is 36.0 Å². The maximum Gasteiger partial charge on any atom is 0.242 e. The second kappa shape index (κ2) is 5.50. The van der Waals surface area contributed by atoms with Crippen LogP contribution in [0.2, 0.25) is 0 Å². The molecule has 0 spiro atoms. The number of hydrogen-bond donors (Lipinski definition) is 2. The van der Waals surface area contributed by atoms with Gasteiger partial charge in [0.2, 0.25) is 5.91 Å². The Morgan fingerprint density at radius 3 is 2.76 bits per heavy atom. The van der Waals surface area contributed by atoms with E-state index >= 15 is 0 Å². The predicted octanol–water partition coefficient (Wildman–Crippen LogP) is 1.42. The molecule has 0 aromatic carbocycles. The van der Waals surface area contributed by atoms with E-state index in [1.165, 1.54) is 12.8 Å². The van der Waals surface area contributed by atoms with Gasteiger partial charge in [-0.05, 0) is 26.2 Å². The summed E-state index contributed by atoms with van der Waals surface area (Å²) in [6.45, 7) is 5.54. The van der Waals surface area contributed by atoms with E-state index in [0.29, 0.717) is 12.5 Å². The van der Waals surface area contributed by atoms with Gasteiger partial charge in [0, 0.05) is 31.6 Å². The molecule has 1 unspecified atom stereocenters. The van der Waals surface area contributed by atoms with Crippen molar-refractivity contribution in [2.24, 2.45) is 0 Å². The Balaban J connectivity index is 2.02. The van der Waals surface area contributed by atoms with Gasteiger partial charge in [-0.1, -0.05) is 6.92 Å². The lowest BCUT2D eigenvalue weighted by atomic mass is 10.1. The lowest BCUT2D eigenvalue weighted by Crippen LogP contribution is -2.55. The van der Waals surface area contributed by atoms with Crippen molar-refractivity contribution in [3.63, 3.8) is 0 Å². The van der Waals surface area contributed by atoms with Crippen LogP contribution in [0.1, 0.15) is 43.5 Å². The minimum absolute atomic E-state index is 0.0979. The molecule has 2 N–H and O–H groups in total. The first-order valence-corrected chi connectivity index (χ1v) is 7.76. The van der Waals surface area contributed by atoms with Crippen LogP contribution in [0, 0.1) is 6.92 Å². The van der Waals surface area contributed by atoms with Gasteiger partial charge in [-0.2, -0.15) is 0 Å². The molecule has 2 heterocycles. The molecule has 2 aliphatic rings. The van der Waals surface area contributed by atoms with Gasteiger partial charge in [-0.15, -0.1) is 0 Å². The van der Waals surface area contributed by atoms with Crippen LogP contribution >= 0.6 is 0 Å². The fourth-order valence-electron chi connectivity index (χ4n) is 2.94. The van der Waals surface area contributed by atoms with Crippen molar-refractivity contribution < 1.29 is 4.79 Å². The molecule has 0 bridgehead atoms. The highest BCUT2D eigenvalue weighted by Crippen LogP contribution is 2.40. The number of hydrogen-bond acceptors (Lipinski definition) is 5. The molecule has 1 saturated heterocycles. The van der Waals surface area contributed by atoms with Crippen LogP contribution in [0.4, 0.5) is 11.6 Å². The maximum atomic E-state index is 12.1. The average molecular weight is 289 g/mol. The second-order valence-electron chi connectivity index (χ2n) is 5.81. The lowest BCUT2D eigenvalue weighted by Gasteiger charge is -2.36. The van der Waals surface area contributed by atoms with Crippen LogP contribution in [0.3, 0.4) is 0 Å². The molecule has 1 aliphatic carbocycles. The van der Waals surface area contributed by atoms with Crippen LogP contribution in [-0.4, -0.2) is 42.1 Å². The zero-order chi connectivity index (χ0) is 15.0. The molecule has 1 aromatic heterocycles. The number of amides is 1. The molecular weight excluding hydrogens is 266 g/mol. The Labute approximate surface area is 125 Å². The highest BCUT2D eigenvalue weighted by atomic mass is 16.2. The van der Waals surface area contributed by atoms with Gasteiger partial charge in [-0.25, -0.2) is 9.97 Å². The van der Waals surface area contributed by atoms with Crippen molar-refractivity contribution in [2.45, 2.75) is 45.1 Å². The molecule has 6 nitrogen and oxygen atoms in total. The van der Waals surface area contributed by atoms with E-state index in [2.05, 4.69) is 20.5 Å². The molecule has 21 heavy (non-hydrogen) atoms. The van der Waals surface area contributed by atoms with Crippen LogP contribution < -0.4 is 15.5 Å². The first kappa shape index (κ1) is 14.1. The third-order valence-electron chi connectivity index (χ3n) is 4.31. The molecule has 6 heteroatoms. The molecule has 3 rings (SSSR count). The Kier molecular flexibility index (Phi) is 3.69. The predicted molar refractivity (Wildman–Crippen MR) is 82.7 cm³/mol. The molecule has 1 atom stereocenters. The van der Waals surface area contributed by atoms with Gasteiger partial charge in [0.1, 0.15) is 23.5 Å². The molecule has 1 aliphatic heterocycles. The number of carbonyl (C=O) groups excluding carboxylic acids is 1. The third-order valence-corrected chi connectivity index (χ3v) is 4.31. The average Bonchev–Trinajstić information content (AvgIpc) is 3.32. The molecule has 1 aromatic rings. The second-order valence-corrected chi connectivity index (χ2v) is 5.81. The van der Waals surface area contributed by atoms with Gasteiger partial charge < -0.3 is 15.5 Å². The Bertz CT molecular complexity index is 555. The zero-order valence-electron chi connectivity index (χ0n) is 12.9. The van der Waals surface area contributed by atoms with E-state index in [-0.39, 0.29) is 11.9 Å². The fourth-order valence-corrected chi connectivity index (χ4v) is 2.94. The summed E-state index contributed by atoms with van der Waals surface area (Å²) in [5.74, 6) is 3.30. The van der Waals surface area contributed by atoms with Gasteiger partial charge in [-0.3, -0.25) is 4.79 Å². The standard InChI is InChI=1S/C15H23N5O/c1-4-11-15(21)17-7-8-20(11)14-9(2)12(16-3)18-13(19-14)10-5-6-10/h10-11H,4-8H2,1-3H3,(H,17,21)(H,16,18,19). The van der Waals surface area contributed by atoms with Crippen LogP contribution in [-0.2, 0) is 4.79 Å². The third kappa shape index (κ3) is 2.54. The SMILES string of the molecule is CCC1C(=O)NCCN1c1nc(C2CC2)nc(NC)c1C. The Morgan fingerprint density at radius 2 is 2.14 bits per heavy atom. The van der Waals surface area contributed by atoms with Crippen LogP contribution in [0.15, 0.2) is 0 Å². The number of carbonyl (C=O) groups is 1. The van der Waals surface area contributed by atoms with Crippen LogP contribution in [0.25, 0.3) is 0 Å². The summed E-state index contributed by atoms with van der Waals surface area (Å²) in [7, 11) is 1.88. The van der Waals surface area contributed by atoms with Gasteiger partial charge >= 0.3 is 0 Å². The molecule has 0 radical (unpaired) electrons. The first-order valence-electron chi connectivity index (χ1n) is 7.76. The van der Waals surface area contributed by atoms with E-state index in [1.54, 1.807) is 0 Å². The van der Waals surface area contributed by atoms with Crippen molar-refractivity contribution >= 4 is 17.5 Å². The van der Waals surface area contributed by atoms with Crippen molar-refractivity contribution in [3.8, 4) is 0 Å². The topological polar surface area (TPSA) is 70.2 Å². The summed E-state index contributed by atoms with van der Waals surface area (Å²) < 4.78 is 0. The van der Waals surface area contributed by atoms with Crippen molar-refractivity contribution in [2.75, 3.05) is 30.4 Å². The van der Waals surface area contributed by atoms with Gasteiger partial charge in [0.15, 0.2) is 0 Å². The molecule has 1 saturated carbocycles. The number of nitrogens with one attached hydrogen (secondary N) is 2. The maximum absolute atomic E-state index is 12.1. The monoisotopic (exact) mass is 289 g/mol. The van der Waals surface area contributed by atoms with Crippen molar-refractivity contribution in [1.82, 2.24) is 15.3 Å². The number of rotatable bonds is 4. The normalized spacial score (nSPS) is 22.1. The van der Waals surface area contributed by atoms with Crippen LogP contribution in [0.5, 0.6) is 0 Å². The summed E-state index contributed by atoms with van der Waals surface area (Å²) in [6, 6.07) is -0.135. The largest absolute Gasteiger partial charge is 0.373 e. The summed E-state index contributed by atoms with van der Waals surface area (Å²) in [4.78, 5) is 23.7. The quantitative estimate of drug-likeness (QED) is 0.877. The fraction of sp³-hybridized carbons (Fsp3) is 0.667. The lowest BCUT2D eigenvalue weighted by molar-refractivity contribution is -0.123. The van der Waals surface area contributed by atoms with Crippen molar-refractivity contribution in [1.29, 1.82) is 0 Å².